The molecule has 0 bridgehead atoms. The second-order valence-electron chi connectivity index (χ2n) is 4.88. The lowest BCUT2D eigenvalue weighted by molar-refractivity contribution is 0.0383. The molecule has 0 spiro atoms. The molecule has 0 radical (unpaired) electrons. The lowest BCUT2D eigenvalue weighted by atomic mass is 10.1. The summed E-state index contributed by atoms with van der Waals surface area (Å²) in [6.45, 7) is 6.85. The molecule has 0 atom stereocenters. The van der Waals surface area contributed by atoms with Crippen LogP contribution in [0.5, 0.6) is 0 Å². The van der Waals surface area contributed by atoms with Crippen molar-refractivity contribution in [3.05, 3.63) is 29.3 Å². The minimum absolute atomic E-state index is 0.0510. The normalized spacial score (nSPS) is 15.9. The van der Waals surface area contributed by atoms with E-state index in [9.17, 15) is 4.79 Å². The summed E-state index contributed by atoms with van der Waals surface area (Å²) in [7, 11) is 0. The van der Waals surface area contributed by atoms with E-state index in [-0.39, 0.29) is 5.91 Å². The molecule has 1 heterocycles. The minimum atomic E-state index is -0.0510. The molecule has 1 saturated heterocycles. The third-order valence-electron chi connectivity index (χ3n) is 3.46. The van der Waals surface area contributed by atoms with Gasteiger partial charge in [-0.1, -0.05) is 0 Å². The van der Waals surface area contributed by atoms with Gasteiger partial charge < -0.3 is 15.5 Å². The first-order valence-electron chi connectivity index (χ1n) is 6.86. The van der Waals surface area contributed by atoms with E-state index in [1.165, 1.54) is 0 Å². The predicted molar refractivity (Wildman–Crippen MR) is 78.6 cm³/mol. The average Bonchev–Trinajstić information content (AvgIpc) is 2.48. The molecule has 0 aliphatic carbocycles. The van der Waals surface area contributed by atoms with Gasteiger partial charge in [-0.15, -0.1) is 0 Å². The molecular weight excluding hydrogens is 256 g/mol. The number of nitrogens with zero attached hydrogens (tertiary/aromatic N) is 1. The van der Waals surface area contributed by atoms with Crippen LogP contribution in [-0.2, 0) is 4.74 Å². The van der Waals surface area contributed by atoms with Crippen molar-refractivity contribution < 1.29 is 9.53 Å². The Morgan fingerprint density at radius 1 is 1.40 bits per heavy atom. The van der Waals surface area contributed by atoms with Crippen LogP contribution in [0.1, 0.15) is 15.9 Å². The fourth-order valence-electron chi connectivity index (χ4n) is 2.22. The van der Waals surface area contributed by atoms with E-state index in [2.05, 4.69) is 15.6 Å². The summed E-state index contributed by atoms with van der Waals surface area (Å²) in [5.74, 6) is 5.32. The van der Waals surface area contributed by atoms with Crippen LogP contribution in [0.4, 0.5) is 5.69 Å². The standard InChI is InChI=1S/C14H22N4O2/c1-11-10-12(2-3-13(11)17-15)14(19)16-4-5-18-6-8-20-9-7-18/h2-3,10,17H,4-9,15H2,1H3,(H,16,19). The average molecular weight is 278 g/mol. The molecule has 0 unspecified atom stereocenters. The van der Waals surface area contributed by atoms with Crippen LogP contribution >= 0.6 is 0 Å². The van der Waals surface area contributed by atoms with Gasteiger partial charge in [0.15, 0.2) is 0 Å². The second-order valence-corrected chi connectivity index (χ2v) is 4.88. The Hall–Kier alpha value is -1.63. The van der Waals surface area contributed by atoms with Crippen LogP contribution < -0.4 is 16.6 Å². The third-order valence-corrected chi connectivity index (χ3v) is 3.46. The topological polar surface area (TPSA) is 79.6 Å². The van der Waals surface area contributed by atoms with Crippen LogP contribution in [0.25, 0.3) is 0 Å². The van der Waals surface area contributed by atoms with Crippen LogP contribution in [-0.4, -0.2) is 50.2 Å². The number of anilines is 1. The number of amides is 1. The van der Waals surface area contributed by atoms with Crippen molar-refractivity contribution in [2.24, 2.45) is 5.84 Å². The third kappa shape index (κ3) is 3.93. The van der Waals surface area contributed by atoms with Gasteiger partial charge in [0, 0.05) is 31.7 Å². The van der Waals surface area contributed by atoms with Gasteiger partial charge in [0.05, 0.1) is 18.9 Å². The summed E-state index contributed by atoms with van der Waals surface area (Å²) < 4.78 is 5.29. The van der Waals surface area contributed by atoms with E-state index in [0.29, 0.717) is 12.1 Å². The SMILES string of the molecule is Cc1cc(C(=O)NCCN2CCOCC2)ccc1NN. The zero-order chi connectivity index (χ0) is 14.4. The number of benzene rings is 1. The van der Waals surface area contributed by atoms with E-state index in [1.807, 2.05) is 19.1 Å². The van der Waals surface area contributed by atoms with Crippen molar-refractivity contribution in [3.63, 3.8) is 0 Å². The summed E-state index contributed by atoms with van der Waals surface area (Å²) in [5, 5.41) is 2.94. The molecule has 4 N–H and O–H groups in total. The van der Waals surface area contributed by atoms with E-state index >= 15 is 0 Å². The smallest absolute Gasteiger partial charge is 0.251 e. The maximum Gasteiger partial charge on any atom is 0.251 e. The van der Waals surface area contributed by atoms with Crippen molar-refractivity contribution >= 4 is 11.6 Å². The van der Waals surface area contributed by atoms with Crippen LogP contribution in [0.2, 0.25) is 0 Å². The van der Waals surface area contributed by atoms with Gasteiger partial charge in [0.25, 0.3) is 5.91 Å². The van der Waals surface area contributed by atoms with Gasteiger partial charge in [0.2, 0.25) is 0 Å². The number of nitrogens with two attached hydrogens (primary N) is 1. The number of ether oxygens (including phenoxy) is 1. The van der Waals surface area contributed by atoms with E-state index < -0.39 is 0 Å². The van der Waals surface area contributed by atoms with Crippen molar-refractivity contribution in [3.8, 4) is 0 Å². The molecule has 6 nitrogen and oxygen atoms in total. The van der Waals surface area contributed by atoms with Crippen molar-refractivity contribution in [2.75, 3.05) is 44.8 Å². The molecule has 6 heteroatoms. The summed E-state index contributed by atoms with van der Waals surface area (Å²) >= 11 is 0. The number of rotatable bonds is 5. The molecule has 110 valence electrons. The van der Waals surface area contributed by atoms with Gasteiger partial charge in [-0.05, 0) is 30.7 Å². The monoisotopic (exact) mass is 278 g/mol. The van der Waals surface area contributed by atoms with Crippen molar-refractivity contribution in [1.82, 2.24) is 10.2 Å². The van der Waals surface area contributed by atoms with Gasteiger partial charge in [-0.2, -0.15) is 0 Å². The molecule has 1 aromatic rings. The first-order valence-corrected chi connectivity index (χ1v) is 6.86. The van der Waals surface area contributed by atoms with Gasteiger partial charge >= 0.3 is 0 Å². The summed E-state index contributed by atoms with van der Waals surface area (Å²) in [4.78, 5) is 14.3. The highest BCUT2D eigenvalue weighted by atomic mass is 16.5. The quantitative estimate of drug-likeness (QED) is 0.535. The zero-order valence-corrected chi connectivity index (χ0v) is 11.8. The molecular formula is C14H22N4O2. The molecule has 1 amide bonds. The number of hydrogen-bond acceptors (Lipinski definition) is 5. The lowest BCUT2D eigenvalue weighted by Gasteiger charge is -2.26. The number of nitrogen functional groups attached to an aromatic ring is 1. The number of hydrazine groups is 1. The maximum absolute atomic E-state index is 12.0. The Morgan fingerprint density at radius 3 is 2.80 bits per heavy atom. The molecule has 0 aromatic heterocycles. The zero-order valence-electron chi connectivity index (χ0n) is 11.8. The first kappa shape index (κ1) is 14.8. The molecule has 1 aliphatic heterocycles. The van der Waals surface area contributed by atoms with Crippen molar-refractivity contribution in [2.45, 2.75) is 6.92 Å². The van der Waals surface area contributed by atoms with Gasteiger partial charge in [-0.3, -0.25) is 15.5 Å². The molecule has 1 aromatic carbocycles. The highest BCUT2D eigenvalue weighted by Gasteiger charge is 2.11. The number of morpholine rings is 1. The number of carbonyl (C=O) groups is 1. The lowest BCUT2D eigenvalue weighted by Crippen LogP contribution is -2.41. The number of hydrogen-bond donors (Lipinski definition) is 3. The minimum Gasteiger partial charge on any atom is -0.379 e. The van der Waals surface area contributed by atoms with E-state index in [4.69, 9.17) is 10.6 Å². The molecule has 2 rings (SSSR count). The highest BCUT2D eigenvalue weighted by molar-refractivity contribution is 5.94. The van der Waals surface area contributed by atoms with Crippen LogP contribution in [0.3, 0.4) is 0 Å². The Balaban J connectivity index is 1.80. The number of aryl methyl sites for hydroxylation is 1. The molecule has 1 aliphatic rings. The molecule has 0 saturated carbocycles. The number of nitrogens with one attached hydrogen (secondary N) is 2. The Bertz CT molecular complexity index is 458. The van der Waals surface area contributed by atoms with E-state index in [0.717, 1.165) is 44.1 Å². The maximum atomic E-state index is 12.0. The predicted octanol–water partition coefficient (Wildman–Crippen LogP) is 0.343. The van der Waals surface area contributed by atoms with Gasteiger partial charge in [0.1, 0.15) is 0 Å². The summed E-state index contributed by atoms with van der Waals surface area (Å²) in [6.07, 6.45) is 0. The summed E-state index contributed by atoms with van der Waals surface area (Å²) in [6, 6.07) is 5.41. The number of carbonyl (C=O) groups excluding carboxylic acids is 1. The summed E-state index contributed by atoms with van der Waals surface area (Å²) in [5.41, 5.74) is 5.03. The highest BCUT2D eigenvalue weighted by Crippen LogP contribution is 2.14. The Labute approximate surface area is 119 Å². The van der Waals surface area contributed by atoms with Crippen LogP contribution in [0, 0.1) is 6.92 Å². The Morgan fingerprint density at radius 2 is 2.15 bits per heavy atom. The molecule has 20 heavy (non-hydrogen) atoms. The van der Waals surface area contributed by atoms with E-state index in [1.54, 1.807) is 6.07 Å². The fraction of sp³-hybridized carbons (Fsp3) is 0.500. The largest absolute Gasteiger partial charge is 0.379 e. The second kappa shape index (κ2) is 7.23. The molecule has 1 fully saturated rings. The van der Waals surface area contributed by atoms with Gasteiger partial charge in [-0.25, -0.2) is 0 Å². The first-order chi connectivity index (χ1) is 9.70. The van der Waals surface area contributed by atoms with Crippen molar-refractivity contribution in [1.29, 1.82) is 0 Å². The fourth-order valence-corrected chi connectivity index (χ4v) is 2.22. The Kier molecular flexibility index (Phi) is 5.34. The van der Waals surface area contributed by atoms with Crippen LogP contribution in [0.15, 0.2) is 18.2 Å².